The lowest BCUT2D eigenvalue weighted by molar-refractivity contribution is 0.0430. The van der Waals surface area contributed by atoms with Gasteiger partial charge >= 0.3 is 0 Å². The number of fused-ring (bicyclic) bond motifs is 1. The van der Waals surface area contributed by atoms with Gasteiger partial charge in [0.1, 0.15) is 17.7 Å². The van der Waals surface area contributed by atoms with Crippen LogP contribution < -0.4 is 5.73 Å². The fraction of sp³-hybridized carbons (Fsp3) is 0.364. The monoisotopic (exact) mass is 411 g/mol. The molecule has 156 valence electrons. The van der Waals surface area contributed by atoms with Crippen LogP contribution in [-0.4, -0.2) is 38.4 Å². The van der Waals surface area contributed by atoms with Crippen LogP contribution in [-0.2, 0) is 17.8 Å². The molecule has 0 bridgehead atoms. The lowest BCUT2D eigenvalue weighted by atomic mass is 9.96. The van der Waals surface area contributed by atoms with E-state index in [0.29, 0.717) is 13.0 Å². The maximum Gasteiger partial charge on any atom is 0.153 e. The Bertz CT molecular complexity index is 1040. The summed E-state index contributed by atoms with van der Waals surface area (Å²) in [5.41, 5.74) is 8.91. The minimum Gasteiger partial charge on any atom is -0.372 e. The van der Waals surface area contributed by atoms with Gasteiger partial charge < -0.3 is 10.5 Å². The molecule has 2 N–H and O–H groups in total. The van der Waals surface area contributed by atoms with Crippen molar-refractivity contribution >= 4 is 0 Å². The number of ether oxygens (including phenoxy) is 1. The van der Waals surface area contributed by atoms with Crippen LogP contribution in [0.15, 0.2) is 48.8 Å². The molecule has 0 radical (unpaired) electrons. The van der Waals surface area contributed by atoms with Crippen molar-refractivity contribution in [2.24, 2.45) is 5.73 Å². The first-order valence-electron chi connectivity index (χ1n) is 10.1. The molecule has 0 saturated carbocycles. The molecule has 1 unspecified atom stereocenters. The van der Waals surface area contributed by atoms with Gasteiger partial charge in [-0.15, -0.1) is 0 Å². The lowest BCUT2D eigenvalue weighted by Gasteiger charge is -2.28. The third-order valence-corrected chi connectivity index (χ3v) is 6.01. The highest BCUT2D eigenvalue weighted by Crippen LogP contribution is 2.34. The second-order valence-electron chi connectivity index (χ2n) is 7.92. The number of nitrogens with zero attached hydrogens (tertiary/aromatic N) is 4. The Labute approximate surface area is 173 Å². The number of hydrogen-bond donors (Lipinski definition) is 1. The Kier molecular flexibility index (Phi) is 5.06. The topological polar surface area (TPSA) is 69.2 Å². The average Bonchev–Trinajstić information content (AvgIpc) is 3.28. The van der Waals surface area contributed by atoms with Gasteiger partial charge in [0, 0.05) is 49.1 Å². The highest BCUT2D eigenvalue weighted by molar-refractivity contribution is 5.31. The smallest absolute Gasteiger partial charge is 0.153 e. The Morgan fingerprint density at radius 2 is 2.03 bits per heavy atom. The molecule has 8 heteroatoms. The first-order chi connectivity index (χ1) is 14.6. The maximum absolute atomic E-state index is 14.3. The summed E-state index contributed by atoms with van der Waals surface area (Å²) in [7, 11) is 0. The van der Waals surface area contributed by atoms with Gasteiger partial charge in [-0.1, -0.05) is 6.07 Å². The zero-order valence-corrected chi connectivity index (χ0v) is 16.4. The molecule has 30 heavy (non-hydrogen) atoms. The predicted octanol–water partition coefficient (Wildman–Crippen LogP) is 3.11. The van der Waals surface area contributed by atoms with E-state index in [2.05, 4.69) is 15.0 Å². The number of halogens is 2. The number of aromatic nitrogens is 3. The minimum absolute atomic E-state index is 0.186. The molecule has 3 aromatic rings. The maximum atomic E-state index is 14.3. The van der Waals surface area contributed by atoms with Crippen molar-refractivity contribution in [3.8, 4) is 5.82 Å². The molecule has 1 aromatic carbocycles. The van der Waals surface area contributed by atoms with Crippen LogP contribution in [0.25, 0.3) is 5.82 Å². The average molecular weight is 411 g/mol. The zero-order valence-electron chi connectivity index (χ0n) is 16.4. The van der Waals surface area contributed by atoms with Crippen molar-refractivity contribution in [1.82, 2.24) is 19.7 Å². The zero-order chi connectivity index (χ0) is 20.7. The molecule has 0 amide bonds. The van der Waals surface area contributed by atoms with E-state index in [0.717, 1.165) is 43.2 Å². The first-order valence-corrected chi connectivity index (χ1v) is 10.1. The number of rotatable bonds is 3. The lowest BCUT2D eigenvalue weighted by Crippen LogP contribution is -2.38. The molecule has 5 rings (SSSR count). The molecule has 4 heterocycles. The van der Waals surface area contributed by atoms with Crippen molar-refractivity contribution in [3.05, 3.63) is 77.2 Å². The summed E-state index contributed by atoms with van der Waals surface area (Å²) < 4.78 is 35.7. The van der Waals surface area contributed by atoms with Gasteiger partial charge in [0.25, 0.3) is 0 Å². The SMILES string of the molecule is N[C@H]1CC(N2Cc3cnn(-c4ccccn4)c3C2)CCO[C@@H]1c1cc(F)ccc1F. The van der Waals surface area contributed by atoms with Crippen molar-refractivity contribution in [3.63, 3.8) is 0 Å². The Hall–Kier alpha value is -2.68. The van der Waals surface area contributed by atoms with E-state index in [1.54, 1.807) is 6.20 Å². The predicted molar refractivity (Wildman–Crippen MR) is 107 cm³/mol. The van der Waals surface area contributed by atoms with Crippen LogP contribution >= 0.6 is 0 Å². The van der Waals surface area contributed by atoms with E-state index in [4.69, 9.17) is 10.5 Å². The largest absolute Gasteiger partial charge is 0.372 e. The molecule has 2 aliphatic heterocycles. The third-order valence-electron chi connectivity index (χ3n) is 6.01. The van der Waals surface area contributed by atoms with Crippen LogP contribution in [0.5, 0.6) is 0 Å². The van der Waals surface area contributed by atoms with Gasteiger partial charge in [-0.05, 0) is 43.2 Å². The summed E-state index contributed by atoms with van der Waals surface area (Å²) in [6.45, 7) is 1.96. The van der Waals surface area contributed by atoms with Crippen LogP contribution in [0, 0.1) is 11.6 Å². The molecular weight excluding hydrogens is 388 g/mol. The first kappa shape index (κ1) is 19.3. The summed E-state index contributed by atoms with van der Waals surface area (Å²) >= 11 is 0. The van der Waals surface area contributed by atoms with E-state index in [1.807, 2.05) is 29.1 Å². The fourth-order valence-electron chi connectivity index (χ4n) is 4.50. The molecular formula is C22H23F2N5O. The van der Waals surface area contributed by atoms with Gasteiger partial charge in [-0.2, -0.15) is 5.10 Å². The van der Waals surface area contributed by atoms with Gasteiger partial charge in [-0.3, -0.25) is 4.90 Å². The van der Waals surface area contributed by atoms with E-state index >= 15 is 0 Å². The van der Waals surface area contributed by atoms with E-state index in [9.17, 15) is 8.78 Å². The minimum atomic E-state index is -0.653. The highest BCUT2D eigenvalue weighted by Gasteiger charge is 2.35. The summed E-state index contributed by atoms with van der Waals surface area (Å²) in [6, 6.07) is 8.94. The Morgan fingerprint density at radius 3 is 2.87 bits per heavy atom. The Morgan fingerprint density at radius 1 is 1.13 bits per heavy atom. The number of pyridine rings is 1. The second-order valence-corrected chi connectivity index (χ2v) is 7.92. The van der Waals surface area contributed by atoms with Crippen LogP contribution in [0.3, 0.4) is 0 Å². The number of hydrogen-bond acceptors (Lipinski definition) is 5. The summed E-state index contributed by atoms with van der Waals surface area (Å²) in [6.07, 6.45) is 4.41. The third kappa shape index (κ3) is 3.51. The second kappa shape index (κ2) is 7.86. The summed E-state index contributed by atoms with van der Waals surface area (Å²) in [5, 5.41) is 4.49. The van der Waals surface area contributed by atoms with Gasteiger partial charge in [0.15, 0.2) is 5.82 Å². The van der Waals surface area contributed by atoms with Crippen LogP contribution in [0.1, 0.15) is 35.8 Å². The van der Waals surface area contributed by atoms with Crippen molar-refractivity contribution in [2.45, 2.75) is 44.1 Å². The molecule has 6 nitrogen and oxygen atoms in total. The summed E-state index contributed by atoms with van der Waals surface area (Å²) in [4.78, 5) is 6.76. The molecule has 1 fully saturated rings. The van der Waals surface area contributed by atoms with Gasteiger partial charge in [0.2, 0.25) is 0 Å². The number of benzene rings is 1. The van der Waals surface area contributed by atoms with Crippen LogP contribution in [0.4, 0.5) is 8.78 Å². The van der Waals surface area contributed by atoms with Crippen LogP contribution in [0.2, 0.25) is 0 Å². The summed E-state index contributed by atoms with van der Waals surface area (Å²) in [5.74, 6) is -0.181. The van der Waals surface area contributed by atoms with E-state index in [1.165, 1.54) is 11.6 Å². The highest BCUT2D eigenvalue weighted by atomic mass is 19.1. The molecule has 2 aromatic heterocycles. The van der Waals surface area contributed by atoms with Crippen molar-refractivity contribution < 1.29 is 13.5 Å². The number of nitrogens with two attached hydrogens (primary N) is 1. The van der Waals surface area contributed by atoms with E-state index < -0.39 is 23.8 Å². The fourth-order valence-corrected chi connectivity index (χ4v) is 4.50. The molecule has 0 spiro atoms. The Balaban J connectivity index is 1.33. The standard InChI is InChI=1S/C22H23F2N5O/c23-15-4-5-18(24)17(9-15)22-19(25)10-16(6-8-30-22)28-12-14-11-27-29(20(14)13-28)21-3-1-2-7-26-21/h1-5,7,9,11,16,19,22H,6,8,10,12-13,25H2/t16?,19-,22+/m0/s1. The molecule has 3 atom stereocenters. The van der Waals surface area contributed by atoms with Crippen molar-refractivity contribution in [2.75, 3.05) is 6.61 Å². The quantitative estimate of drug-likeness (QED) is 0.717. The molecule has 1 saturated heterocycles. The normalized spacial score (nSPS) is 24.6. The van der Waals surface area contributed by atoms with Gasteiger partial charge in [0.05, 0.1) is 11.9 Å². The van der Waals surface area contributed by atoms with E-state index in [-0.39, 0.29) is 11.6 Å². The van der Waals surface area contributed by atoms with Gasteiger partial charge in [-0.25, -0.2) is 18.4 Å². The molecule has 0 aliphatic carbocycles. The molecule has 2 aliphatic rings. The van der Waals surface area contributed by atoms with Crippen molar-refractivity contribution in [1.29, 1.82) is 0 Å².